The molecule has 294 valence electrons. The summed E-state index contributed by atoms with van der Waals surface area (Å²) in [7, 11) is 4.86. The highest BCUT2D eigenvalue weighted by Crippen LogP contribution is 2.43. The van der Waals surface area contributed by atoms with Crippen LogP contribution < -0.4 is 24.8 Å². The predicted molar refractivity (Wildman–Crippen MR) is 219 cm³/mol. The fraction of sp³-hybridized carbons (Fsp3) is 0.200. The van der Waals surface area contributed by atoms with Gasteiger partial charge in [-0.25, -0.2) is 15.0 Å². The van der Waals surface area contributed by atoms with E-state index in [9.17, 15) is 9.90 Å². The van der Waals surface area contributed by atoms with Gasteiger partial charge in [-0.15, -0.1) is 0 Å². The summed E-state index contributed by atoms with van der Waals surface area (Å²) >= 11 is 0. The van der Waals surface area contributed by atoms with Crippen molar-refractivity contribution in [2.75, 3.05) is 38.6 Å². The molecule has 8 rings (SSSR count). The standard InChI is InChI=1S/C45H42N6O7/c1-54-34-20-14-31(15-21-34)45(30-12-8-5-9-13-30,32-16-22-35(55-2)23-17-32)57-27-38-37(52)26-39(58-38)51-42-40(49-44(51)48-33-18-24-36(56-3)25-19-33)41(46-28-47-42)50-43(53)29-10-6-4-7-11-29/h4-25,28,37-39,52H,26-27H2,1-3H3,(H,48,49)(H,46,47,50,53)/t37-,38+,39+/m0/s1. The highest BCUT2D eigenvalue weighted by atomic mass is 16.6. The molecule has 5 aromatic carbocycles. The Hall–Kier alpha value is -6.80. The molecule has 1 aliphatic rings. The summed E-state index contributed by atoms with van der Waals surface area (Å²) in [6, 6.07) is 41.7. The van der Waals surface area contributed by atoms with Crippen LogP contribution in [0, 0.1) is 0 Å². The van der Waals surface area contributed by atoms with Gasteiger partial charge in [0.25, 0.3) is 5.91 Å². The number of hydrogen-bond donors (Lipinski definition) is 3. The molecule has 13 nitrogen and oxygen atoms in total. The minimum atomic E-state index is -1.12. The number of imidazole rings is 1. The van der Waals surface area contributed by atoms with Crippen LogP contribution in [0.25, 0.3) is 11.2 Å². The fourth-order valence-electron chi connectivity index (χ4n) is 7.24. The van der Waals surface area contributed by atoms with Crippen molar-refractivity contribution in [3.63, 3.8) is 0 Å². The summed E-state index contributed by atoms with van der Waals surface area (Å²) in [6.07, 6.45) is -0.890. The molecule has 58 heavy (non-hydrogen) atoms. The van der Waals surface area contributed by atoms with Crippen molar-refractivity contribution in [2.45, 2.75) is 30.5 Å². The molecule has 0 radical (unpaired) electrons. The summed E-state index contributed by atoms with van der Waals surface area (Å²) in [5.41, 5.74) is 3.36. The number of aromatic nitrogens is 4. The van der Waals surface area contributed by atoms with E-state index in [2.05, 4.69) is 20.6 Å². The van der Waals surface area contributed by atoms with Crippen LogP contribution in [0.3, 0.4) is 0 Å². The van der Waals surface area contributed by atoms with Gasteiger partial charge in [0.05, 0.1) is 34.0 Å². The maximum atomic E-state index is 13.2. The van der Waals surface area contributed by atoms with Gasteiger partial charge < -0.3 is 39.4 Å². The Balaban J connectivity index is 1.15. The molecule has 0 bridgehead atoms. The van der Waals surface area contributed by atoms with Gasteiger partial charge in [-0.2, -0.15) is 0 Å². The number of rotatable bonds is 14. The number of amides is 1. The van der Waals surface area contributed by atoms with Crippen molar-refractivity contribution in [2.24, 2.45) is 0 Å². The molecular formula is C45H42N6O7. The largest absolute Gasteiger partial charge is 0.497 e. The van der Waals surface area contributed by atoms with Crippen LogP contribution in [0.2, 0.25) is 0 Å². The number of fused-ring (bicyclic) bond motifs is 1. The van der Waals surface area contributed by atoms with E-state index in [1.165, 1.54) is 6.33 Å². The van der Waals surface area contributed by atoms with Gasteiger partial charge in [-0.05, 0) is 77.4 Å². The third kappa shape index (κ3) is 7.53. The first-order chi connectivity index (χ1) is 28.4. The summed E-state index contributed by atoms with van der Waals surface area (Å²) in [5, 5.41) is 18.0. The van der Waals surface area contributed by atoms with Crippen molar-refractivity contribution < 1.29 is 33.6 Å². The van der Waals surface area contributed by atoms with Gasteiger partial charge in [-0.1, -0.05) is 72.8 Å². The molecule has 3 N–H and O–H groups in total. The van der Waals surface area contributed by atoms with E-state index < -0.39 is 24.0 Å². The molecule has 3 heterocycles. The highest BCUT2D eigenvalue weighted by Gasteiger charge is 2.43. The van der Waals surface area contributed by atoms with Crippen molar-refractivity contribution >= 4 is 34.5 Å². The van der Waals surface area contributed by atoms with Crippen LogP contribution in [0.15, 0.2) is 140 Å². The third-order valence-electron chi connectivity index (χ3n) is 10.2. The number of nitrogens with one attached hydrogen (secondary N) is 2. The van der Waals surface area contributed by atoms with E-state index in [0.29, 0.717) is 45.6 Å². The zero-order chi connectivity index (χ0) is 40.1. The van der Waals surface area contributed by atoms with Crippen LogP contribution in [0.4, 0.5) is 17.5 Å². The highest BCUT2D eigenvalue weighted by molar-refractivity contribution is 6.07. The number of anilines is 3. The lowest BCUT2D eigenvalue weighted by Crippen LogP contribution is -2.38. The third-order valence-corrected chi connectivity index (χ3v) is 10.2. The van der Waals surface area contributed by atoms with Gasteiger partial charge in [-0.3, -0.25) is 9.36 Å². The first kappa shape index (κ1) is 38.1. The average Bonchev–Trinajstić information content (AvgIpc) is 3.84. The lowest BCUT2D eigenvalue weighted by atomic mass is 9.80. The van der Waals surface area contributed by atoms with Gasteiger partial charge >= 0.3 is 0 Å². The molecule has 1 aliphatic heterocycles. The number of carbonyl (C=O) groups is 1. The second-order valence-corrected chi connectivity index (χ2v) is 13.6. The zero-order valence-corrected chi connectivity index (χ0v) is 32.1. The minimum Gasteiger partial charge on any atom is -0.497 e. The molecule has 2 aromatic heterocycles. The molecule has 7 aromatic rings. The molecule has 3 atom stereocenters. The average molecular weight is 779 g/mol. The van der Waals surface area contributed by atoms with Crippen LogP contribution >= 0.6 is 0 Å². The van der Waals surface area contributed by atoms with E-state index in [1.54, 1.807) is 50.2 Å². The fourth-order valence-corrected chi connectivity index (χ4v) is 7.24. The molecule has 1 fully saturated rings. The molecule has 1 amide bonds. The number of benzene rings is 5. The molecule has 0 aliphatic carbocycles. The first-order valence-corrected chi connectivity index (χ1v) is 18.7. The SMILES string of the molecule is COc1ccc(Nc2nc3c(NC(=O)c4ccccc4)ncnc3n2[C@H]2C[C@H](O)[C@@H](COC(c3ccccc3)(c3ccc(OC)cc3)c3ccc(OC)cc3)O2)cc1. The Morgan fingerprint density at radius 1 is 0.759 bits per heavy atom. The van der Waals surface area contributed by atoms with Gasteiger partial charge in [0.15, 0.2) is 17.0 Å². The second kappa shape index (κ2) is 16.7. The first-order valence-electron chi connectivity index (χ1n) is 18.7. The number of ether oxygens (including phenoxy) is 5. The zero-order valence-electron chi connectivity index (χ0n) is 32.1. The Morgan fingerprint density at radius 2 is 1.31 bits per heavy atom. The van der Waals surface area contributed by atoms with E-state index in [-0.39, 0.29) is 24.8 Å². The lowest BCUT2D eigenvalue weighted by Gasteiger charge is -2.37. The van der Waals surface area contributed by atoms with Gasteiger partial charge in [0, 0.05) is 17.7 Å². The second-order valence-electron chi connectivity index (χ2n) is 13.6. The van der Waals surface area contributed by atoms with E-state index >= 15 is 0 Å². The summed E-state index contributed by atoms with van der Waals surface area (Å²) in [5.74, 6) is 2.34. The van der Waals surface area contributed by atoms with Crippen molar-refractivity contribution in [1.82, 2.24) is 19.5 Å². The smallest absolute Gasteiger partial charge is 0.256 e. The maximum Gasteiger partial charge on any atom is 0.256 e. The van der Waals surface area contributed by atoms with E-state index in [1.807, 2.05) is 109 Å². The quantitative estimate of drug-likeness (QED) is 0.0942. The number of carbonyl (C=O) groups excluding carboxylic acids is 1. The topological polar surface area (TPSA) is 151 Å². The minimum absolute atomic E-state index is 0.00581. The van der Waals surface area contributed by atoms with Crippen molar-refractivity contribution in [1.29, 1.82) is 0 Å². The van der Waals surface area contributed by atoms with E-state index in [0.717, 1.165) is 16.7 Å². The Morgan fingerprint density at radius 3 is 1.90 bits per heavy atom. The van der Waals surface area contributed by atoms with Crippen LogP contribution in [-0.2, 0) is 15.1 Å². The number of nitrogens with zero attached hydrogens (tertiary/aromatic N) is 4. The Bertz CT molecular complexity index is 2420. The molecule has 0 unspecified atom stereocenters. The molecule has 13 heteroatoms. The van der Waals surface area contributed by atoms with Gasteiger partial charge in [0.1, 0.15) is 41.5 Å². The lowest BCUT2D eigenvalue weighted by molar-refractivity contribution is -0.0927. The molecule has 0 saturated carbocycles. The number of aliphatic hydroxyl groups excluding tert-OH is 1. The van der Waals surface area contributed by atoms with Crippen LogP contribution in [0.1, 0.15) is 39.7 Å². The van der Waals surface area contributed by atoms with E-state index in [4.69, 9.17) is 28.7 Å². The predicted octanol–water partition coefficient (Wildman–Crippen LogP) is 7.51. The molecule has 1 saturated heterocycles. The number of methoxy groups -OCH3 is 3. The maximum absolute atomic E-state index is 13.2. The normalized spacial score (nSPS) is 16.5. The molecular weight excluding hydrogens is 737 g/mol. The monoisotopic (exact) mass is 778 g/mol. The Kier molecular flexibility index (Phi) is 11.0. The van der Waals surface area contributed by atoms with Crippen molar-refractivity contribution in [3.8, 4) is 17.2 Å². The summed E-state index contributed by atoms with van der Waals surface area (Å²) in [6.45, 7) is 0.00581. The van der Waals surface area contributed by atoms with Crippen LogP contribution in [0.5, 0.6) is 17.2 Å². The number of hydrogen-bond acceptors (Lipinski definition) is 11. The summed E-state index contributed by atoms with van der Waals surface area (Å²) in [4.78, 5) is 27.1. The van der Waals surface area contributed by atoms with Gasteiger partial charge in [0.2, 0.25) is 5.95 Å². The Labute approximate surface area is 335 Å². The molecule has 0 spiro atoms. The summed E-state index contributed by atoms with van der Waals surface area (Å²) < 4.78 is 32.0. The number of aliphatic hydroxyl groups is 1. The van der Waals surface area contributed by atoms with Crippen molar-refractivity contribution in [3.05, 3.63) is 162 Å². The van der Waals surface area contributed by atoms with Crippen LogP contribution in [-0.4, -0.2) is 70.7 Å².